The first-order valence-corrected chi connectivity index (χ1v) is 13.3. The van der Waals surface area contributed by atoms with Gasteiger partial charge in [-0.05, 0) is 49.1 Å². The van der Waals surface area contributed by atoms with Gasteiger partial charge in [0, 0.05) is 43.0 Å². The molecule has 2 atom stereocenters. The number of fused-ring (bicyclic) bond motifs is 1. The van der Waals surface area contributed by atoms with Crippen molar-refractivity contribution in [2.75, 3.05) is 25.1 Å². The first-order chi connectivity index (χ1) is 19.2. The van der Waals surface area contributed by atoms with Crippen LogP contribution < -0.4 is 10.6 Å². The number of aromatic nitrogens is 2. The summed E-state index contributed by atoms with van der Waals surface area (Å²) in [5.41, 5.74) is 2.50. The van der Waals surface area contributed by atoms with Crippen molar-refractivity contribution in [2.45, 2.75) is 44.4 Å². The number of carbonyl (C=O) groups is 2. The molecule has 2 aromatic carbocycles. The van der Waals surface area contributed by atoms with E-state index in [0.29, 0.717) is 41.0 Å². The summed E-state index contributed by atoms with van der Waals surface area (Å²) in [7, 11) is 0. The lowest BCUT2D eigenvalue weighted by molar-refractivity contribution is -0.126. The molecule has 2 unspecified atom stereocenters. The molecule has 2 aliphatic rings. The van der Waals surface area contributed by atoms with E-state index in [0.717, 1.165) is 30.5 Å². The van der Waals surface area contributed by atoms with Gasteiger partial charge in [-0.15, -0.1) is 0 Å². The van der Waals surface area contributed by atoms with Crippen molar-refractivity contribution in [1.82, 2.24) is 20.2 Å². The first-order valence-electron chi connectivity index (χ1n) is 12.9. The molecule has 0 saturated carbocycles. The van der Waals surface area contributed by atoms with Gasteiger partial charge in [0.15, 0.2) is 0 Å². The van der Waals surface area contributed by atoms with Crippen LogP contribution in [0.4, 0.5) is 10.3 Å². The molecular weight excluding hydrogens is 541 g/mol. The molecule has 3 heterocycles. The third kappa shape index (κ3) is 5.86. The van der Waals surface area contributed by atoms with Crippen LogP contribution in [0, 0.1) is 5.82 Å². The standard InChI is InChI=1S/C28H29ClFN5O5/c1-15(26(38)33-24(14-36)18-8-19(30)11-21(37)9-18)35-13-17-3-2-16(10-22(17)27(35)39)25-23(29)12-31-28(34-25)32-20-4-6-40-7-5-20/h2-3,8-12,15,20,24,36-37H,4-7,13-14H2,1H3,(H,33,38)(H,31,32,34). The number of nitrogens with one attached hydrogen (secondary N) is 2. The van der Waals surface area contributed by atoms with E-state index in [1.54, 1.807) is 13.0 Å². The Morgan fingerprint density at radius 2 is 2.02 bits per heavy atom. The number of ether oxygens (including phenoxy) is 1. The minimum Gasteiger partial charge on any atom is -0.508 e. The topological polar surface area (TPSA) is 137 Å². The number of nitrogens with zero attached hydrogens (tertiary/aromatic N) is 3. The molecule has 0 spiro atoms. The number of hydrogen-bond acceptors (Lipinski definition) is 8. The lowest BCUT2D eigenvalue weighted by Crippen LogP contribution is -2.46. The number of anilines is 1. The van der Waals surface area contributed by atoms with Crippen molar-refractivity contribution in [3.63, 3.8) is 0 Å². The zero-order valence-corrected chi connectivity index (χ0v) is 22.5. The van der Waals surface area contributed by atoms with Gasteiger partial charge < -0.3 is 30.5 Å². The van der Waals surface area contributed by atoms with E-state index in [9.17, 15) is 24.2 Å². The Kier molecular flexibility index (Phi) is 8.15. The van der Waals surface area contributed by atoms with Crippen molar-refractivity contribution in [3.8, 4) is 17.0 Å². The molecule has 40 heavy (non-hydrogen) atoms. The smallest absolute Gasteiger partial charge is 0.255 e. The van der Waals surface area contributed by atoms with Crippen LogP contribution in [0.25, 0.3) is 11.3 Å². The van der Waals surface area contributed by atoms with Crippen molar-refractivity contribution >= 4 is 29.4 Å². The normalized spacial score (nSPS) is 16.9. The van der Waals surface area contributed by atoms with Crippen molar-refractivity contribution in [3.05, 3.63) is 70.1 Å². The molecule has 2 aliphatic heterocycles. The van der Waals surface area contributed by atoms with E-state index >= 15 is 0 Å². The Hall–Kier alpha value is -3.80. The summed E-state index contributed by atoms with van der Waals surface area (Å²) in [6.07, 6.45) is 3.22. The number of phenols is 1. The number of aliphatic hydroxyl groups excluding tert-OH is 1. The highest BCUT2D eigenvalue weighted by Gasteiger charge is 2.35. The zero-order chi connectivity index (χ0) is 28.4. The molecule has 4 N–H and O–H groups in total. The Balaban J connectivity index is 1.31. The second kappa shape index (κ2) is 11.7. The quantitative estimate of drug-likeness (QED) is 0.324. The van der Waals surface area contributed by atoms with Gasteiger partial charge in [-0.3, -0.25) is 9.59 Å². The maximum Gasteiger partial charge on any atom is 0.255 e. The highest BCUT2D eigenvalue weighted by Crippen LogP contribution is 2.32. The Bertz CT molecular complexity index is 1410. The molecule has 1 fully saturated rings. The average Bonchev–Trinajstić information content (AvgIpc) is 3.27. The average molecular weight is 570 g/mol. The lowest BCUT2D eigenvalue weighted by Gasteiger charge is -2.26. The van der Waals surface area contributed by atoms with Crippen LogP contribution in [-0.4, -0.2) is 68.8 Å². The van der Waals surface area contributed by atoms with Crippen molar-refractivity contribution < 1.29 is 28.9 Å². The molecule has 0 aliphatic carbocycles. The Morgan fingerprint density at radius 1 is 1.25 bits per heavy atom. The Morgan fingerprint density at radius 3 is 2.75 bits per heavy atom. The number of rotatable bonds is 8. The molecule has 1 saturated heterocycles. The van der Waals surface area contributed by atoms with Gasteiger partial charge in [-0.2, -0.15) is 0 Å². The fraction of sp³-hybridized carbons (Fsp3) is 0.357. The molecule has 0 bridgehead atoms. The fourth-order valence-electron chi connectivity index (χ4n) is 4.91. The number of aromatic hydroxyl groups is 1. The minimum atomic E-state index is -0.966. The second-order valence-corrected chi connectivity index (χ2v) is 10.3. The maximum absolute atomic E-state index is 13.7. The van der Waals surface area contributed by atoms with E-state index < -0.39 is 30.4 Å². The number of amides is 2. The largest absolute Gasteiger partial charge is 0.508 e. The molecule has 12 heteroatoms. The molecule has 0 radical (unpaired) electrons. The molecule has 3 aromatic rings. The summed E-state index contributed by atoms with van der Waals surface area (Å²) in [6, 6.07) is 6.99. The van der Waals surface area contributed by atoms with Crippen LogP contribution in [0.3, 0.4) is 0 Å². The van der Waals surface area contributed by atoms with Gasteiger partial charge in [-0.1, -0.05) is 23.7 Å². The van der Waals surface area contributed by atoms with Gasteiger partial charge in [0.25, 0.3) is 5.91 Å². The number of aliphatic hydroxyl groups is 1. The predicted octanol–water partition coefficient (Wildman–Crippen LogP) is 3.43. The molecular formula is C28H29ClFN5O5. The number of phenolic OH excluding ortho intramolecular Hbond substituents is 1. The van der Waals surface area contributed by atoms with Gasteiger partial charge in [-0.25, -0.2) is 14.4 Å². The van der Waals surface area contributed by atoms with Crippen molar-refractivity contribution in [1.29, 1.82) is 0 Å². The first kappa shape index (κ1) is 27.8. The minimum absolute atomic E-state index is 0.197. The van der Waals surface area contributed by atoms with Gasteiger partial charge in [0.2, 0.25) is 11.9 Å². The van der Waals surface area contributed by atoms with Gasteiger partial charge in [0.05, 0.1) is 29.6 Å². The molecule has 5 rings (SSSR count). The summed E-state index contributed by atoms with van der Waals surface area (Å²) >= 11 is 6.43. The second-order valence-electron chi connectivity index (χ2n) is 9.89. The maximum atomic E-state index is 13.7. The van der Waals surface area contributed by atoms with Crippen LogP contribution in [0.1, 0.15) is 47.3 Å². The predicted molar refractivity (Wildman–Crippen MR) is 145 cm³/mol. The summed E-state index contributed by atoms with van der Waals surface area (Å²) in [4.78, 5) is 36.7. The van der Waals surface area contributed by atoms with E-state index in [-0.39, 0.29) is 29.8 Å². The highest BCUT2D eigenvalue weighted by atomic mass is 35.5. The van der Waals surface area contributed by atoms with Crippen LogP contribution in [0.5, 0.6) is 5.75 Å². The van der Waals surface area contributed by atoms with Crippen LogP contribution in [0.15, 0.2) is 42.6 Å². The fourth-order valence-corrected chi connectivity index (χ4v) is 5.11. The summed E-state index contributed by atoms with van der Waals surface area (Å²) < 4.78 is 19.1. The molecule has 10 nitrogen and oxygen atoms in total. The number of benzene rings is 2. The van der Waals surface area contributed by atoms with Gasteiger partial charge >= 0.3 is 0 Å². The number of hydrogen-bond donors (Lipinski definition) is 4. The molecule has 1 aromatic heterocycles. The third-order valence-corrected chi connectivity index (χ3v) is 7.44. The third-order valence-electron chi connectivity index (χ3n) is 7.17. The highest BCUT2D eigenvalue weighted by molar-refractivity contribution is 6.33. The number of carbonyl (C=O) groups excluding carboxylic acids is 2. The molecule has 2 amide bonds. The number of halogens is 2. The summed E-state index contributed by atoms with van der Waals surface area (Å²) in [5, 5.41) is 25.8. The molecule has 210 valence electrons. The lowest BCUT2D eigenvalue weighted by atomic mass is 10.0. The van der Waals surface area contributed by atoms with Crippen LogP contribution >= 0.6 is 11.6 Å². The van der Waals surface area contributed by atoms with E-state index in [4.69, 9.17) is 16.3 Å². The van der Waals surface area contributed by atoms with Gasteiger partial charge in [0.1, 0.15) is 17.6 Å². The zero-order valence-electron chi connectivity index (χ0n) is 21.7. The monoisotopic (exact) mass is 569 g/mol. The summed E-state index contributed by atoms with van der Waals surface area (Å²) in [5.74, 6) is -1.46. The van der Waals surface area contributed by atoms with E-state index in [1.165, 1.54) is 17.2 Å². The summed E-state index contributed by atoms with van der Waals surface area (Å²) in [6.45, 7) is 2.61. The van der Waals surface area contributed by atoms with Crippen LogP contribution in [-0.2, 0) is 16.1 Å². The van der Waals surface area contributed by atoms with E-state index in [2.05, 4.69) is 20.6 Å². The van der Waals surface area contributed by atoms with Crippen LogP contribution in [0.2, 0.25) is 5.02 Å². The van der Waals surface area contributed by atoms with E-state index in [1.807, 2.05) is 12.1 Å². The SMILES string of the molecule is CC(C(=O)NC(CO)c1cc(O)cc(F)c1)N1Cc2ccc(-c3nc(NC4CCOCC4)ncc3Cl)cc2C1=O. The Labute approximate surface area is 235 Å². The van der Waals surface area contributed by atoms with Crippen molar-refractivity contribution in [2.24, 2.45) is 0 Å².